The summed E-state index contributed by atoms with van der Waals surface area (Å²) < 4.78 is 59.9. The molecule has 59 heavy (non-hydrogen) atoms. The second-order valence-corrected chi connectivity index (χ2v) is 15.8. The largest absolute Gasteiger partial charge is 0.491 e. The molecule has 0 aliphatic carbocycles. The van der Waals surface area contributed by atoms with Crippen LogP contribution in [-0.2, 0) is 61.1 Å². The van der Waals surface area contributed by atoms with E-state index >= 15 is 0 Å². The minimum Gasteiger partial charge on any atom is -0.491 e. The van der Waals surface area contributed by atoms with Gasteiger partial charge in [-0.1, -0.05) is 42.8 Å². The molecule has 7 atom stereocenters. The molecular formula is C41H53N3O15. The molecular weight excluding hydrogens is 774 g/mol. The number of hydrogen-bond donors (Lipinski definition) is 0. The molecule has 10 rings (SSSR count). The Morgan fingerprint density at radius 3 is 1.19 bits per heavy atom. The fourth-order valence-corrected chi connectivity index (χ4v) is 5.79. The summed E-state index contributed by atoms with van der Waals surface area (Å²) >= 11 is 0. The number of hydrogen-bond acceptors (Lipinski definition) is 15. The van der Waals surface area contributed by atoms with Crippen LogP contribution in [0.15, 0.2) is 62.9 Å². The first-order valence-electron chi connectivity index (χ1n) is 20.2. The molecule has 7 unspecified atom stereocenters. The summed E-state index contributed by atoms with van der Waals surface area (Å²) in [6.07, 6.45) is 0.821. The van der Waals surface area contributed by atoms with Crippen molar-refractivity contribution in [1.82, 2.24) is 13.9 Å². The lowest BCUT2D eigenvalue weighted by molar-refractivity contribution is 0.0366. The van der Waals surface area contributed by atoms with Gasteiger partial charge in [0, 0.05) is 5.41 Å². The Labute approximate surface area is 340 Å². The van der Waals surface area contributed by atoms with Crippen LogP contribution in [0.25, 0.3) is 0 Å². The molecule has 18 heteroatoms. The summed E-state index contributed by atoms with van der Waals surface area (Å²) in [5, 5.41) is 0. The van der Waals surface area contributed by atoms with E-state index in [-0.39, 0.29) is 55.6 Å². The summed E-state index contributed by atoms with van der Waals surface area (Å²) in [6, 6.07) is 16.7. The molecule has 0 spiro atoms. The normalized spacial score (nSPS) is 26.3. The van der Waals surface area contributed by atoms with Gasteiger partial charge in [0.1, 0.15) is 61.8 Å². The molecule has 7 aliphatic heterocycles. The SMILES string of the molecule is C(COCC1CO1)OCC1CO1.CC(C)(c1ccc(OCC2CO2)cc1)c1ccc(OCC2CO2)cc1.O=c1n(CC2CO2)c(=O)n(OCC2CO2)c(=O)n1CC1CO1. The van der Waals surface area contributed by atoms with E-state index in [0.29, 0.717) is 76.4 Å². The first-order chi connectivity index (χ1) is 28.7. The van der Waals surface area contributed by atoms with Crippen molar-refractivity contribution in [3.8, 4) is 11.5 Å². The van der Waals surface area contributed by atoms with Gasteiger partial charge in [0.15, 0.2) is 0 Å². The van der Waals surface area contributed by atoms with E-state index in [2.05, 4.69) is 38.1 Å². The van der Waals surface area contributed by atoms with Crippen molar-refractivity contribution in [2.75, 3.05) is 92.5 Å². The molecule has 7 saturated heterocycles. The number of epoxide rings is 7. The summed E-state index contributed by atoms with van der Waals surface area (Å²) in [4.78, 5) is 42.2. The van der Waals surface area contributed by atoms with Crippen molar-refractivity contribution < 1.29 is 56.9 Å². The van der Waals surface area contributed by atoms with Crippen molar-refractivity contribution in [2.45, 2.75) is 75.1 Å². The van der Waals surface area contributed by atoms with Gasteiger partial charge in [-0.05, 0) is 35.4 Å². The summed E-state index contributed by atoms with van der Waals surface area (Å²) in [7, 11) is 0. The van der Waals surface area contributed by atoms with Crippen LogP contribution in [0.4, 0.5) is 0 Å². The third-order valence-electron chi connectivity index (χ3n) is 10.3. The van der Waals surface area contributed by atoms with Crippen LogP contribution in [0, 0.1) is 0 Å². The highest BCUT2D eigenvalue weighted by molar-refractivity contribution is 5.41. The van der Waals surface area contributed by atoms with E-state index in [1.165, 1.54) is 11.1 Å². The molecule has 0 amide bonds. The van der Waals surface area contributed by atoms with Gasteiger partial charge in [-0.25, -0.2) is 23.5 Å². The number of benzene rings is 2. The van der Waals surface area contributed by atoms with Crippen LogP contribution < -0.4 is 31.4 Å². The maximum absolute atomic E-state index is 12.4. The van der Waals surface area contributed by atoms with E-state index in [1.807, 2.05) is 24.3 Å². The maximum Gasteiger partial charge on any atom is 0.370 e. The lowest BCUT2D eigenvalue weighted by Crippen LogP contribution is -2.57. The van der Waals surface area contributed by atoms with Crippen molar-refractivity contribution in [2.24, 2.45) is 0 Å². The molecule has 8 heterocycles. The average Bonchev–Trinajstić information content (AvgIpc) is 4.04. The summed E-state index contributed by atoms with van der Waals surface area (Å²) in [6.45, 7) is 13.6. The second kappa shape index (κ2) is 19.1. The van der Waals surface area contributed by atoms with Gasteiger partial charge in [-0.2, -0.15) is 0 Å². The van der Waals surface area contributed by atoms with Gasteiger partial charge in [-0.3, -0.25) is 0 Å². The summed E-state index contributed by atoms with van der Waals surface area (Å²) in [5.41, 5.74) is 0.169. The molecule has 7 fully saturated rings. The predicted octanol–water partition coefficient (Wildman–Crippen LogP) is 0.182. The zero-order chi connectivity index (χ0) is 40.8. The van der Waals surface area contributed by atoms with Crippen LogP contribution in [0.3, 0.4) is 0 Å². The van der Waals surface area contributed by atoms with E-state index in [0.717, 1.165) is 47.1 Å². The molecule has 322 valence electrons. The predicted molar refractivity (Wildman–Crippen MR) is 206 cm³/mol. The lowest BCUT2D eigenvalue weighted by atomic mass is 9.78. The fourth-order valence-electron chi connectivity index (χ4n) is 5.79. The van der Waals surface area contributed by atoms with E-state index in [1.54, 1.807) is 0 Å². The van der Waals surface area contributed by atoms with Crippen molar-refractivity contribution in [3.05, 3.63) is 91.1 Å². The average molecular weight is 828 g/mol. The number of nitrogens with zero attached hydrogens (tertiary/aromatic N) is 3. The van der Waals surface area contributed by atoms with Crippen LogP contribution >= 0.6 is 0 Å². The lowest BCUT2D eigenvalue weighted by Gasteiger charge is -2.26. The number of aromatic nitrogens is 3. The molecule has 0 radical (unpaired) electrons. The van der Waals surface area contributed by atoms with Crippen molar-refractivity contribution in [3.63, 3.8) is 0 Å². The third-order valence-corrected chi connectivity index (χ3v) is 10.3. The Balaban J connectivity index is 0.000000130. The highest BCUT2D eigenvalue weighted by atomic mass is 16.7. The van der Waals surface area contributed by atoms with Gasteiger partial charge in [0.05, 0.1) is 98.0 Å². The van der Waals surface area contributed by atoms with E-state index < -0.39 is 17.1 Å². The maximum atomic E-state index is 12.4. The highest BCUT2D eigenvalue weighted by Gasteiger charge is 2.32. The van der Waals surface area contributed by atoms with Gasteiger partial charge in [0.2, 0.25) is 0 Å². The van der Waals surface area contributed by atoms with Gasteiger partial charge in [0.25, 0.3) is 0 Å². The topological polar surface area (TPSA) is 200 Å². The Morgan fingerprint density at radius 2 is 0.831 bits per heavy atom. The molecule has 3 aromatic rings. The van der Waals surface area contributed by atoms with Crippen molar-refractivity contribution >= 4 is 0 Å². The smallest absolute Gasteiger partial charge is 0.370 e. The van der Waals surface area contributed by atoms with E-state index in [9.17, 15) is 14.4 Å². The van der Waals surface area contributed by atoms with Crippen LogP contribution in [0.1, 0.15) is 25.0 Å². The quantitative estimate of drug-likeness (QED) is 0.0981. The van der Waals surface area contributed by atoms with Crippen LogP contribution in [0.5, 0.6) is 11.5 Å². The standard InChI is InChI=1S/C21H24O4.C12H15N3O7.C8H14O4/c1-21(2,15-3-7-17(8-4-15)22-11-19-13-24-19)16-5-9-18(10-6-16)23-12-20-14-25-20;16-10-13(1-7-3-19-7)11(17)15(22-6-9-5-21-9)12(18)14(10)2-8-4-20-8;1(9-3-7-5-11-7)2-10-4-8-6-12-8/h3-10,19-20H,11-14H2,1-2H3;7-9H,1-6H2;7-8H,1-6H2. The second-order valence-electron chi connectivity index (χ2n) is 15.8. The number of ether oxygens (including phenoxy) is 11. The zero-order valence-corrected chi connectivity index (χ0v) is 33.4. The van der Waals surface area contributed by atoms with Gasteiger partial charge >= 0.3 is 17.1 Å². The zero-order valence-electron chi connectivity index (χ0n) is 33.4. The minimum absolute atomic E-state index is 0.0870. The molecule has 0 N–H and O–H groups in total. The Kier molecular flexibility index (Phi) is 13.5. The van der Waals surface area contributed by atoms with Crippen molar-refractivity contribution in [1.29, 1.82) is 0 Å². The monoisotopic (exact) mass is 827 g/mol. The molecule has 18 nitrogen and oxygen atoms in total. The van der Waals surface area contributed by atoms with Gasteiger partial charge < -0.3 is 56.9 Å². The van der Waals surface area contributed by atoms with Crippen LogP contribution in [0.2, 0.25) is 0 Å². The Hall–Kier alpha value is -4.11. The summed E-state index contributed by atoms with van der Waals surface area (Å²) in [5.74, 6) is 1.78. The van der Waals surface area contributed by atoms with Crippen LogP contribution in [-0.4, -0.2) is 149 Å². The molecule has 1 aromatic heterocycles. The van der Waals surface area contributed by atoms with Gasteiger partial charge in [-0.15, -0.1) is 0 Å². The minimum atomic E-state index is -0.792. The molecule has 7 aliphatic rings. The number of rotatable bonds is 22. The highest BCUT2D eigenvalue weighted by Crippen LogP contribution is 2.33. The molecule has 2 aromatic carbocycles. The molecule has 0 bridgehead atoms. The Morgan fingerprint density at radius 1 is 0.492 bits per heavy atom. The fraction of sp³-hybridized carbons (Fsp3) is 0.634. The van der Waals surface area contributed by atoms with E-state index in [4.69, 9.17) is 56.9 Å². The first-order valence-corrected chi connectivity index (χ1v) is 20.2. The molecule has 0 saturated carbocycles. The Bertz CT molecular complexity index is 1860. The third kappa shape index (κ3) is 13.2. The first kappa shape index (κ1) is 41.6.